The summed E-state index contributed by atoms with van der Waals surface area (Å²) in [6, 6.07) is 10.6. The Bertz CT molecular complexity index is 606. The molecule has 1 aromatic heterocycles. The maximum atomic E-state index is 12.6. The van der Waals surface area contributed by atoms with E-state index in [0.29, 0.717) is 6.42 Å². The van der Waals surface area contributed by atoms with Crippen LogP contribution < -0.4 is 5.32 Å². The Balaban J connectivity index is 1.76. The van der Waals surface area contributed by atoms with Gasteiger partial charge in [-0.1, -0.05) is 31.2 Å². The summed E-state index contributed by atoms with van der Waals surface area (Å²) in [5.74, 6) is 0.148. The Morgan fingerprint density at radius 1 is 1.32 bits per heavy atom. The van der Waals surface area contributed by atoms with Crippen molar-refractivity contribution in [2.24, 2.45) is 0 Å². The SMILES string of the molecule is CCc1ccc(C2CNCCN2C(=O)Cc2ccn[nH]2)cc1. The standard InChI is InChI=1S/C17H22N4O/c1-2-13-3-5-14(6-4-13)16-12-18-9-10-21(16)17(22)11-15-7-8-19-20-15/h3-8,16,18H,2,9-12H2,1H3,(H,19,20). The highest BCUT2D eigenvalue weighted by Gasteiger charge is 2.27. The van der Waals surface area contributed by atoms with E-state index in [1.165, 1.54) is 11.1 Å². The number of hydrogen-bond acceptors (Lipinski definition) is 3. The molecule has 1 saturated heterocycles. The zero-order valence-corrected chi connectivity index (χ0v) is 12.9. The maximum Gasteiger partial charge on any atom is 0.229 e. The Kier molecular flexibility index (Phi) is 4.53. The van der Waals surface area contributed by atoms with E-state index in [9.17, 15) is 4.79 Å². The van der Waals surface area contributed by atoms with Crippen molar-refractivity contribution < 1.29 is 4.79 Å². The molecule has 0 radical (unpaired) electrons. The number of H-pyrrole nitrogens is 1. The van der Waals surface area contributed by atoms with Crippen LogP contribution in [0.25, 0.3) is 0 Å². The first-order valence-electron chi connectivity index (χ1n) is 7.85. The summed E-state index contributed by atoms with van der Waals surface area (Å²) < 4.78 is 0. The smallest absolute Gasteiger partial charge is 0.229 e. The fourth-order valence-corrected chi connectivity index (χ4v) is 2.92. The number of rotatable bonds is 4. The van der Waals surface area contributed by atoms with Crippen molar-refractivity contribution in [3.8, 4) is 0 Å². The van der Waals surface area contributed by atoms with E-state index in [-0.39, 0.29) is 11.9 Å². The van der Waals surface area contributed by atoms with Crippen LogP contribution in [0.5, 0.6) is 0 Å². The molecule has 22 heavy (non-hydrogen) atoms. The largest absolute Gasteiger partial charge is 0.333 e. The minimum atomic E-state index is 0.107. The molecule has 116 valence electrons. The van der Waals surface area contributed by atoms with Crippen LogP contribution in [0.4, 0.5) is 0 Å². The molecule has 2 heterocycles. The van der Waals surface area contributed by atoms with E-state index in [1.807, 2.05) is 11.0 Å². The second-order valence-corrected chi connectivity index (χ2v) is 5.66. The minimum absolute atomic E-state index is 0.107. The lowest BCUT2D eigenvalue weighted by atomic mass is 10.0. The molecule has 1 unspecified atom stereocenters. The van der Waals surface area contributed by atoms with Crippen molar-refractivity contribution in [3.05, 3.63) is 53.3 Å². The molecular weight excluding hydrogens is 276 g/mol. The van der Waals surface area contributed by atoms with E-state index >= 15 is 0 Å². The highest BCUT2D eigenvalue weighted by atomic mass is 16.2. The molecule has 2 N–H and O–H groups in total. The summed E-state index contributed by atoms with van der Waals surface area (Å²) in [7, 11) is 0. The van der Waals surface area contributed by atoms with Crippen LogP contribution in [-0.4, -0.2) is 40.6 Å². The third-order valence-electron chi connectivity index (χ3n) is 4.24. The third-order valence-corrected chi connectivity index (χ3v) is 4.24. The lowest BCUT2D eigenvalue weighted by molar-refractivity contribution is -0.133. The maximum absolute atomic E-state index is 12.6. The van der Waals surface area contributed by atoms with Gasteiger partial charge in [0.2, 0.25) is 5.91 Å². The van der Waals surface area contributed by atoms with Crippen LogP contribution in [-0.2, 0) is 17.6 Å². The van der Waals surface area contributed by atoms with Crippen molar-refractivity contribution >= 4 is 5.91 Å². The number of piperazine rings is 1. The van der Waals surface area contributed by atoms with Crippen molar-refractivity contribution in [2.75, 3.05) is 19.6 Å². The van der Waals surface area contributed by atoms with Gasteiger partial charge in [-0.2, -0.15) is 5.10 Å². The van der Waals surface area contributed by atoms with Crippen molar-refractivity contribution in [3.63, 3.8) is 0 Å². The van der Waals surface area contributed by atoms with Crippen LogP contribution in [0.2, 0.25) is 0 Å². The zero-order valence-electron chi connectivity index (χ0n) is 12.9. The fourth-order valence-electron chi connectivity index (χ4n) is 2.92. The van der Waals surface area contributed by atoms with E-state index in [1.54, 1.807) is 6.20 Å². The number of hydrogen-bond donors (Lipinski definition) is 2. The summed E-state index contributed by atoms with van der Waals surface area (Å²) in [5.41, 5.74) is 3.38. The molecule has 5 nitrogen and oxygen atoms in total. The molecule has 1 atom stereocenters. The van der Waals surface area contributed by atoms with Crippen LogP contribution in [0.15, 0.2) is 36.5 Å². The second kappa shape index (κ2) is 6.75. The van der Waals surface area contributed by atoms with Gasteiger partial charge in [-0.05, 0) is 23.6 Å². The molecule has 5 heteroatoms. The van der Waals surface area contributed by atoms with Gasteiger partial charge < -0.3 is 10.2 Å². The molecule has 1 fully saturated rings. The highest BCUT2D eigenvalue weighted by Crippen LogP contribution is 2.23. The van der Waals surface area contributed by atoms with Crippen LogP contribution >= 0.6 is 0 Å². The number of benzene rings is 1. The topological polar surface area (TPSA) is 61.0 Å². The Morgan fingerprint density at radius 3 is 2.82 bits per heavy atom. The van der Waals surface area contributed by atoms with Gasteiger partial charge in [-0.3, -0.25) is 9.89 Å². The van der Waals surface area contributed by atoms with Gasteiger partial charge in [-0.25, -0.2) is 0 Å². The molecule has 1 aromatic carbocycles. The van der Waals surface area contributed by atoms with Crippen molar-refractivity contribution in [1.82, 2.24) is 20.4 Å². The van der Waals surface area contributed by atoms with Gasteiger partial charge in [0.05, 0.1) is 12.5 Å². The van der Waals surface area contributed by atoms with E-state index in [2.05, 4.69) is 46.7 Å². The lowest BCUT2D eigenvalue weighted by Crippen LogP contribution is -2.49. The number of nitrogens with zero attached hydrogens (tertiary/aromatic N) is 2. The summed E-state index contributed by atoms with van der Waals surface area (Å²) in [6.45, 7) is 4.54. The number of carbonyl (C=O) groups excluding carboxylic acids is 1. The zero-order chi connectivity index (χ0) is 15.4. The molecule has 0 aliphatic carbocycles. The highest BCUT2D eigenvalue weighted by molar-refractivity contribution is 5.79. The van der Waals surface area contributed by atoms with Crippen LogP contribution in [0, 0.1) is 0 Å². The minimum Gasteiger partial charge on any atom is -0.333 e. The first-order valence-corrected chi connectivity index (χ1v) is 7.85. The monoisotopic (exact) mass is 298 g/mol. The first kappa shape index (κ1) is 14.8. The normalized spacial score (nSPS) is 18.4. The van der Waals surface area contributed by atoms with Gasteiger partial charge in [0.1, 0.15) is 0 Å². The van der Waals surface area contributed by atoms with Crippen LogP contribution in [0.1, 0.15) is 29.8 Å². The fraction of sp³-hybridized carbons (Fsp3) is 0.412. The summed E-state index contributed by atoms with van der Waals surface area (Å²) >= 11 is 0. The van der Waals surface area contributed by atoms with Crippen molar-refractivity contribution in [1.29, 1.82) is 0 Å². The van der Waals surface area contributed by atoms with Gasteiger partial charge in [0.15, 0.2) is 0 Å². The van der Waals surface area contributed by atoms with Crippen LogP contribution in [0.3, 0.4) is 0 Å². The van der Waals surface area contributed by atoms with E-state index < -0.39 is 0 Å². The van der Waals surface area contributed by atoms with E-state index in [4.69, 9.17) is 0 Å². The molecule has 1 aliphatic rings. The van der Waals surface area contributed by atoms with E-state index in [0.717, 1.165) is 31.7 Å². The number of amides is 1. The predicted octanol–water partition coefficient (Wildman–Crippen LogP) is 1.69. The number of carbonyl (C=O) groups is 1. The molecule has 0 saturated carbocycles. The molecular formula is C17H22N4O. The Hall–Kier alpha value is -2.14. The quantitative estimate of drug-likeness (QED) is 0.903. The second-order valence-electron chi connectivity index (χ2n) is 5.66. The third kappa shape index (κ3) is 3.20. The van der Waals surface area contributed by atoms with Gasteiger partial charge in [0.25, 0.3) is 0 Å². The average molecular weight is 298 g/mol. The molecule has 1 amide bonds. The number of aromatic amines is 1. The predicted molar refractivity (Wildman–Crippen MR) is 85.4 cm³/mol. The molecule has 3 rings (SSSR count). The van der Waals surface area contributed by atoms with Gasteiger partial charge in [0, 0.05) is 31.5 Å². The Labute approximate surface area is 130 Å². The average Bonchev–Trinajstić information content (AvgIpc) is 3.08. The summed E-state index contributed by atoms with van der Waals surface area (Å²) in [4.78, 5) is 14.6. The Morgan fingerprint density at radius 2 is 2.14 bits per heavy atom. The summed E-state index contributed by atoms with van der Waals surface area (Å²) in [5, 5.41) is 10.2. The summed E-state index contributed by atoms with van der Waals surface area (Å²) in [6.07, 6.45) is 3.09. The number of nitrogens with one attached hydrogen (secondary N) is 2. The van der Waals surface area contributed by atoms with Gasteiger partial charge in [-0.15, -0.1) is 0 Å². The number of aryl methyl sites for hydroxylation is 1. The molecule has 0 bridgehead atoms. The molecule has 0 spiro atoms. The molecule has 2 aromatic rings. The molecule has 1 aliphatic heterocycles. The lowest BCUT2D eigenvalue weighted by Gasteiger charge is -2.36. The van der Waals surface area contributed by atoms with Gasteiger partial charge >= 0.3 is 0 Å². The first-order chi connectivity index (χ1) is 10.8. The van der Waals surface area contributed by atoms with Crippen molar-refractivity contribution in [2.45, 2.75) is 25.8 Å². The number of aromatic nitrogens is 2.